The lowest BCUT2D eigenvalue weighted by Crippen LogP contribution is -2.33. The first kappa shape index (κ1) is 18.1. The first-order chi connectivity index (χ1) is 9.93. The maximum absolute atomic E-state index is 13.0. The van der Waals surface area contributed by atoms with Crippen LogP contribution < -0.4 is 5.32 Å². The maximum Gasteiger partial charge on any atom is 0.123 e. The summed E-state index contributed by atoms with van der Waals surface area (Å²) in [7, 11) is 2.20. The molecule has 1 N–H and O–H groups in total. The molecule has 3 heteroatoms. The van der Waals surface area contributed by atoms with Gasteiger partial charge in [-0.1, -0.05) is 32.9 Å². The van der Waals surface area contributed by atoms with Crippen molar-refractivity contribution in [2.24, 2.45) is 5.92 Å². The van der Waals surface area contributed by atoms with Gasteiger partial charge in [0.05, 0.1) is 0 Å². The molecule has 0 aromatic heterocycles. The van der Waals surface area contributed by atoms with Gasteiger partial charge in [-0.15, -0.1) is 0 Å². The summed E-state index contributed by atoms with van der Waals surface area (Å²) in [5.74, 6) is 0.556. The van der Waals surface area contributed by atoms with Crippen LogP contribution in [0.15, 0.2) is 24.3 Å². The summed E-state index contributed by atoms with van der Waals surface area (Å²) in [5.41, 5.74) is 1.17. The first-order valence-electron chi connectivity index (χ1n) is 8.13. The molecule has 2 nitrogen and oxygen atoms in total. The molecule has 0 spiro atoms. The fourth-order valence-electron chi connectivity index (χ4n) is 2.74. The third-order valence-electron chi connectivity index (χ3n) is 4.06. The molecule has 1 aromatic rings. The van der Waals surface area contributed by atoms with Gasteiger partial charge in [-0.3, -0.25) is 0 Å². The second-order valence-corrected chi connectivity index (χ2v) is 6.41. The van der Waals surface area contributed by atoms with E-state index in [4.69, 9.17) is 0 Å². The molecule has 0 bridgehead atoms. The van der Waals surface area contributed by atoms with Gasteiger partial charge in [-0.25, -0.2) is 4.39 Å². The second-order valence-electron chi connectivity index (χ2n) is 6.41. The maximum atomic E-state index is 13.0. The number of hydrogen-bond donors (Lipinski definition) is 1. The average Bonchev–Trinajstić information content (AvgIpc) is 2.43. The summed E-state index contributed by atoms with van der Waals surface area (Å²) >= 11 is 0. The number of benzene rings is 1. The van der Waals surface area contributed by atoms with E-state index in [1.807, 2.05) is 12.1 Å². The van der Waals surface area contributed by atoms with Crippen LogP contribution >= 0.6 is 0 Å². The Hall–Kier alpha value is -0.930. The lowest BCUT2D eigenvalue weighted by atomic mass is 10.0. The van der Waals surface area contributed by atoms with Crippen LogP contribution in [0, 0.1) is 11.7 Å². The minimum atomic E-state index is -0.170. The predicted molar refractivity (Wildman–Crippen MR) is 89.0 cm³/mol. The highest BCUT2D eigenvalue weighted by Crippen LogP contribution is 2.19. The van der Waals surface area contributed by atoms with Crippen molar-refractivity contribution in [1.29, 1.82) is 0 Å². The van der Waals surface area contributed by atoms with Crippen LogP contribution in [0.5, 0.6) is 0 Å². The smallest absolute Gasteiger partial charge is 0.123 e. The van der Waals surface area contributed by atoms with Crippen molar-refractivity contribution in [2.75, 3.05) is 20.1 Å². The average molecular weight is 294 g/mol. The van der Waals surface area contributed by atoms with E-state index in [9.17, 15) is 4.39 Å². The van der Waals surface area contributed by atoms with Gasteiger partial charge in [0.1, 0.15) is 5.82 Å². The summed E-state index contributed by atoms with van der Waals surface area (Å²) in [6.45, 7) is 10.9. The summed E-state index contributed by atoms with van der Waals surface area (Å²) in [4.78, 5) is 2.42. The second kappa shape index (κ2) is 9.16. The molecular weight excluding hydrogens is 263 g/mol. The molecule has 0 amide bonds. The van der Waals surface area contributed by atoms with Crippen LogP contribution in [0.25, 0.3) is 0 Å². The van der Waals surface area contributed by atoms with E-state index in [-0.39, 0.29) is 5.82 Å². The zero-order chi connectivity index (χ0) is 15.8. The quantitative estimate of drug-likeness (QED) is 0.733. The van der Waals surface area contributed by atoms with E-state index >= 15 is 0 Å². The number of nitrogens with zero attached hydrogens (tertiary/aromatic N) is 1. The van der Waals surface area contributed by atoms with Crippen LogP contribution in [-0.4, -0.2) is 31.1 Å². The van der Waals surface area contributed by atoms with Gasteiger partial charge in [-0.2, -0.15) is 0 Å². The molecule has 0 radical (unpaired) electrons. The van der Waals surface area contributed by atoms with Gasteiger partial charge in [0.25, 0.3) is 0 Å². The molecule has 0 heterocycles. The molecule has 0 saturated carbocycles. The van der Waals surface area contributed by atoms with Crippen molar-refractivity contribution in [3.63, 3.8) is 0 Å². The normalized spacial score (nSPS) is 14.7. The van der Waals surface area contributed by atoms with Gasteiger partial charge in [0, 0.05) is 12.1 Å². The zero-order valence-corrected chi connectivity index (χ0v) is 14.2. The fourth-order valence-corrected chi connectivity index (χ4v) is 2.74. The van der Waals surface area contributed by atoms with Gasteiger partial charge < -0.3 is 10.2 Å². The van der Waals surface area contributed by atoms with Crippen molar-refractivity contribution in [3.8, 4) is 0 Å². The molecule has 0 fully saturated rings. The first-order valence-corrected chi connectivity index (χ1v) is 8.13. The van der Waals surface area contributed by atoms with E-state index in [2.05, 4.69) is 45.0 Å². The SMILES string of the molecule is CCNC(CCN(C)C(C)CC(C)C)c1ccc(F)cc1. The van der Waals surface area contributed by atoms with Crippen molar-refractivity contribution in [3.05, 3.63) is 35.6 Å². The Labute approximate surface area is 129 Å². The molecule has 0 saturated heterocycles. The molecule has 2 atom stereocenters. The van der Waals surface area contributed by atoms with Crippen molar-refractivity contribution in [2.45, 2.75) is 52.6 Å². The standard InChI is InChI=1S/C18H31FN2/c1-6-20-18(16-7-9-17(19)10-8-16)11-12-21(5)15(4)13-14(2)3/h7-10,14-15,18,20H,6,11-13H2,1-5H3. The van der Waals surface area contributed by atoms with E-state index in [1.54, 1.807) is 12.1 Å². The number of nitrogens with one attached hydrogen (secondary N) is 1. The van der Waals surface area contributed by atoms with Crippen LogP contribution in [0.3, 0.4) is 0 Å². The zero-order valence-electron chi connectivity index (χ0n) is 14.2. The summed E-state index contributed by atoms with van der Waals surface area (Å²) in [6, 6.07) is 7.76. The molecule has 21 heavy (non-hydrogen) atoms. The van der Waals surface area contributed by atoms with Crippen molar-refractivity contribution in [1.82, 2.24) is 10.2 Å². The minimum Gasteiger partial charge on any atom is -0.310 e. The Bertz CT molecular complexity index is 389. The van der Waals surface area contributed by atoms with Gasteiger partial charge in [0.2, 0.25) is 0 Å². The Morgan fingerprint density at radius 2 is 1.76 bits per heavy atom. The number of rotatable bonds is 9. The third-order valence-corrected chi connectivity index (χ3v) is 4.06. The van der Waals surface area contributed by atoms with Crippen LogP contribution in [0.2, 0.25) is 0 Å². The van der Waals surface area contributed by atoms with Gasteiger partial charge >= 0.3 is 0 Å². The molecule has 1 aromatic carbocycles. The highest BCUT2D eigenvalue weighted by molar-refractivity contribution is 5.19. The highest BCUT2D eigenvalue weighted by atomic mass is 19.1. The summed E-state index contributed by atoms with van der Waals surface area (Å²) in [6.07, 6.45) is 2.26. The van der Waals surface area contributed by atoms with Crippen LogP contribution in [0.4, 0.5) is 4.39 Å². The predicted octanol–water partition coefficient (Wildman–Crippen LogP) is 4.23. The molecule has 120 valence electrons. The van der Waals surface area contributed by atoms with E-state index in [0.717, 1.165) is 25.4 Å². The molecule has 0 aliphatic rings. The Morgan fingerprint density at radius 3 is 2.29 bits per heavy atom. The Kier molecular flexibility index (Phi) is 7.91. The fraction of sp³-hybridized carbons (Fsp3) is 0.667. The highest BCUT2D eigenvalue weighted by Gasteiger charge is 2.15. The molecule has 0 aliphatic carbocycles. The number of halogens is 1. The van der Waals surface area contributed by atoms with Crippen molar-refractivity contribution >= 4 is 0 Å². The lowest BCUT2D eigenvalue weighted by Gasteiger charge is -2.28. The monoisotopic (exact) mass is 294 g/mol. The Morgan fingerprint density at radius 1 is 1.14 bits per heavy atom. The third kappa shape index (κ3) is 6.58. The van der Waals surface area contributed by atoms with E-state index in [1.165, 1.54) is 12.0 Å². The molecule has 0 aliphatic heterocycles. The van der Waals surface area contributed by atoms with Gasteiger partial charge in [0.15, 0.2) is 0 Å². The summed E-state index contributed by atoms with van der Waals surface area (Å²) in [5, 5.41) is 3.50. The summed E-state index contributed by atoms with van der Waals surface area (Å²) < 4.78 is 13.0. The lowest BCUT2D eigenvalue weighted by molar-refractivity contribution is 0.217. The topological polar surface area (TPSA) is 15.3 Å². The minimum absolute atomic E-state index is 0.170. The number of hydrogen-bond acceptors (Lipinski definition) is 2. The molecular formula is C18H31FN2. The molecule has 2 unspecified atom stereocenters. The molecule has 1 rings (SSSR count). The van der Waals surface area contributed by atoms with Crippen molar-refractivity contribution < 1.29 is 4.39 Å². The van der Waals surface area contributed by atoms with E-state index in [0.29, 0.717) is 12.1 Å². The van der Waals surface area contributed by atoms with Crippen LogP contribution in [0.1, 0.15) is 52.1 Å². The largest absolute Gasteiger partial charge is 0.310 e. The Balaban J connectivity index is 2.56. The van der Waals surface area contributed by atoms with Gasteiger partial charge in [-0.05, 0) is 63.5 Å². The van der Waals surface area contributed by atoms with E-state index < -0.39 is 0 Å². The van der Waals surface area contributed by atoms with Crippen LogP contribution in [-0.2, 0) is 0 Å².